The molecule has 0 atom stereocenters. The van der Waals surface area contributed by atoms with E-state index in [4.69, 9.17) is 21.1 Å². The van der Waals surface area contributed by atoms with Crippen molar-refractivity contribution in [1.29, 1.82) is 0 Å². The number of methoxy groups -OCH3 is 1. The molecule has 30 heavy (non-hydrogen) atoms. The molecule has 8 heteroatoms. The predicted molar refractivity (Wildman–Crippen MR) is 115 cm³/mol. The Morgan fingerprint density at radius 2 is 2.00 bits per heavy atom. The molecule has 0 aliphatic rings. The van der Waals surface area contributed by atoms with Gasteiger partial charge in [-0.3, -0.25) is 14.6 Å². The minimum Gasteiger partial charge on any atom is -0.487 e. The third kappa shape index (κ3) is 4.68. The highest BCUT2D eigenvalue weighted by molar-refractivity contribution is 5.93. The van der Waals surface area contributed by atoms with E-state index in [0.717, 1.165) is 23.1 Å². The van der Waals surface area contributed by atoms with E-state index in [1.807, 2.05) is 30.5 Å². The molecule has 3 rings (SSSR count). The third-order valence-electron chi connectivity index (χ3n) is 4.63. The first-order valence-electron chi connectivity index (χ1n) is 9.31. The fourth-order valence-electron chi connectivity index (χ4n) is 3.10. The van der Waals surface area contributed by atoms with Crippen LogP contribution in [0.1, 0.15) is 20.7 Å². The van der Waals surface area contributed by atoms with Crippen molar-refractivity contribution in [2.45, 2.75) is 6.54 Å². The summed E-state index contributed by atoms with van der Waals surface area (Å²) in [6, 6.07) is 12.6. The number of ether oxygens (including phenoxy) is 2. The van der Waals surface area contributed by atoms with Crippen LogP contribution in [0, 0.1) is 0 Å². The number of carbonyl (C=O) groups is 2. The molecule has 0 aliphatic heterocycles. The summed E-state index contributed by atoms with van der Waals surface area (Å²) in [6.07, 6.45) is 4.75. The van der Waals surface area contributed by atoms with E-state index in [1.54, 1.807) is 31.5 Å². The van der Waals surface area contributed by atoms with Gasteiger partial charge in [0.25, 0.3) is 0 Å². The van der Waals surface area contributed by atoms with Crippen LogP contribution in [0.3, 0.4) is 0 Å². The summed E-state index contributed by atoms with van der Waals surface area (Å²) in [7, 11) is 1.68. The van der Waals surface area contributed by atoms with Gasteiger partial charge in [-0.15, -0.1) is 0 Å². The number of fused-ring (bicyclic) bond motifs is 1. The highest BCUT2D eigenvalue weighted by Crippen LogP contribution is 2.23. The molecule has 1 aromatic heterocycles. The second-order valence-corrected chi connectivity index (χ2v) is 6.64. The van der Waals surface area contributed by atoms with Gasteiger partial charge in [0.2, 0.25) is 0 Å². The van der Waals surface area contributed by atoms with Gasteiger partial charge in [-0.05, 0) is 30.3 Å². The number of hydrogen-bond acceptors (Lipinski definition) is 7. The number of nitrogens with zero attached hydrogens (tertiary/aromatic N) is 2. The molecule has 0 amide bonds. The van der Waals surface area contributed by atoms with Gasteiger partial charge in [-0.25, -0.2) is 5.84 Å². The van der Waals surface area contributed by atoms with Crippen molar-refractivity contribution in [3.8, 4) is 5.75 Å². The van der Waals surface area contributed by atoms with Crippen molar-refractivity contribution in [1.82, 2.24) is 4.57 Å². The Bertz CT molecular complexity index is 1070. The molecule has 0 aliphatic carbocycles. The van der Waals surface area contributed by atoms with E-state index < -0.39 is 0 Å². The Morgan fingerprint density at radius 1 is 1.17 bits per heavy atom. The zero-order chi connectivity index (χ0) is 21.5. The smallest absolute Gasteiger partial charge is 0.154 e. The first kappa shape index (κ1) is 21.1. The molecule has 0 saturated heterocycles. The Balaban J connectivity index is 1.70. The van der Waals surface area contributed by atoms with E-state index in [0.29, 0.717) is 24.9 Å². The van der Waals surface area contributed by atoms with Gasteiger partial charge < -0.3 is 19.8 Å². The zero-order valence-corrected chi connectivity index (χ0v) is 16.7. The number of aldehydes is 2. The van der Waals surface area contributed by atoms with Crippen molar-refractivity contribution in [3.05, 3.63) is 71.7 Å². The van der Waals surface area contributed by atoms with Crippen LogP contribution in [-0.2, 0) is 11.3 Å². The lowest BCUT2D eigenvalue weighted by Crippen LogP contribution is -2.27. The number of carbonyl (C=O) groups excluding carboxylic acids is 2. The third-order valence-corrected chi connectivity index (χ3v) is 4.63. The Labute approximate surface area is 174 Å². The number of hydrogen-bond donors (Lipinski definition) is 2. The molecule has 0 unspecified atom stereocenters. The van der Waals surface area contributed by atoms with E-state index in [1.165, 1.54) is 5.01 Å². The molecule has 2 aromatic carbocycles. The van der Waals surface area contributed by atoms with Gasteiger partial charge in [-0.2, -0.15) is 0 Å². The number of rotatable bonds is 10. The molecule has 8 nitrogen and oxygen atoms in total. The van der Waals surface area contributed by atoms with E-state index in [2.05, 4.69) is 4.57 Å². The lowest BCUT2D eigenvalue weighted by atomic mass is 10.1. The molecule has 3 aromatic rings. The van der Waals surface area contributed by atoms with Gasteiger partial charge in [-0.1, -0.05) is 12.1 Å². The minimum absolute atomic E-state index is 0.00644. The van der Waals surface area contributed by atoms with Crippen LogP contribution in [0.25, 0.3) is 10.9 Å². The number of hydrazine groups is 1. The van der Waals surface area contributed by atoms with Crippen LogP contribution in [-0.4, -0.2) is 37.5 Å². The predicted octanol–water partition coefficient (Wildman–Crippen LogP) is 2.47. The maximum Gasteiger partial charge on any atom is 0.154 e. The molecule has 4 N–H and O–H groups in total. The highest BCUT2D eigenvalue weighted by Gasteiger charge is 2.09. The molecular formula is C22H24N4O4. The van der Waals surface area contributed by atoms with Crippen LogP contribution in [0.15, 0.2) is 60.6 Å². The monoisotopic (exact) mass is 408 g/mol. The normalized spacial score (nSPS) is 11.5. The fraction of sp³-hybridized carbons (Fsp3) is 0.182. The first-order chi connectivity index (χ1) is 14.6. The summed E-state index contributed by atoms with van der Waals surface area (Å²) < 4.78 is 12.8. The zero-order valence-electron chi connectivity index (χ0n) is 16.7. The second kappa shape index (κ2) is 9.73. The van der Waals surface area contributed by atoms with Crippen molar-refractivity contribution in [2.75, 3.05) is 25.3 Å². The van der Waals surface area contributed by atoms with Gasteiger partial charge >= 0.3 is 0 Å². The van der Waals surface area contributed by atoms with Crippen LogP contribution in [0.2, 0.25) is 0 Å². The average molecular weight is 408 g/mol. The maximum atomic E-state index is 11.3. The van der Waals surface area contributed by atoms with Crippen molar-refractivity contribution in [3.63, 3.8) is 0 Å². The molecule has 0 fully saturated rings. The molecule has 156 valence electrons. The van der Waals surface area contributed by atoms with Crippen LogP contribution in [0.5, 0.6) is 5.75 Å². The quantitative estimate of drug-likeness (QED) is 0.301. The van der Waals surface area contributed by atoms with Gasteiger partial charge in [0.1, 0.15) is 12.4 Å². The summed E-state index contributed by atoms with van der Waals surface area (Å²) >= 11 is 0. The first-order valence-corrected chi connectivity index (χ1v) is 9.31. The Kier molecular flexibility index (Phi) is 6.84. The Morgan fingerprint density at radius 3 is 2.73 bits per heavy atom. The molecule has 0 saturated carbocycles. The molecular weight excluding hydrogens is 384 g/mol. The standard InChI is InChI=1S/C22H24N4O4/c1-29-10-9-25-8-7-16-11-19(5-6-21(16)25)26(24)12-18(23)15-30-22-4-2-3-17(13-27)20(22)14-28/h2-8,11-14H,9-10,15,23-24H2,1H3/b18-12-. The average Bonchev–Trinajstić information content (AvgIpc) is 3.17. The number of nitrogens with two attached hydrogens (primary N) is 2. The van der Waals surface area contributed by atoms with Crippen molar-refractivity contribution >= 4 is 29.2 Å². The van der Waals surface area contributed by atoms with E-state index in [9.17, 15) is 9.59 Å². The maximum absolute atomic E-state index is 11.3. The highest BCUT2D eigenvalue weighted by atomic mass is 16.5. The number of benzene rings is 2. The van der Waals surface area contributed by atoms with E-state index >= 15 is 0 Å². The topological polar surface area (TPSA) is 113 Å². The fourth-order valence-corrected chi connectivity index (χ4v) is 3.10. The summed E-state index contributed by atoms with van der Waals surface area (Å²) in [6.45, 7) is 1.41. The molecule has 0 bridgehead atoms. The lowest BCUT2D eigenvalue weighted by molar-refractivity contribution is 0.109. The van der Waals surface area contributed by atoms with Gasteiger partial charge in [0.15, 0.2) is 12.6 Å². The largest absolute Gasteiger partial charge is 0.487 e. The molecule has 1 heterocycles. The molecule has 0 radical (unpaired) electrons. The van der Waals surface area contributed by atoms with Crippen molar-refractivity contribution < 1.29 is 19.1 Å². The summed E-state index contributed by atoms with van der Waals surface area (Å²) in [5, 5.41) is 2.45. The summed E-state index contributed by atoms with van der Waals surface area (Å²) in [5.74, 6) is 6.42. The second-order valence-electron chi connectivity index (χ2n) is 6.64. The van der Waals surface area contributed by atoms with Crippen molar-refractivity contribution in [2.24, 2.45) is 11.6 Å². The number of aromatic nitrogens is 1. The van der Waals surface area contributed by atoms with Crippen LogP contribution < -0.4 is 21.3 Å². The van der Waals surface area contributed by atoms with E-state index in [-0.39, 0.29) is 23.5 Å². The van der Waals surface area contributed by atoms with Crippen LogP contribution >= 0.6 is 0 Å². The van der Waals surface area contributed by atoms with Gasteiger partial charge in [0, 0.05) is 42.5 Å². The minimum atomic E-state index is 0.00644. The number of anilines is 1. The lowest BCUT2D eigenvalue weighted by Gasteiger charge is -2.16. The summed E-state index contributed by atoms with van der Waals surface area (Å²) in [4.78, 5) is 22.3. The molecule has 0 spiro atoms. The SMILES string of the molecule is COCCn1ccc2cc(N(N)/C=C(\N)COc3cccc(C=O)c3C=O)ccc21. The Hall–Kier alpha value is -3.62. The van der Waals surface area contributed by atoms with Gasteiger partial charge in [0.05, 0.1) is 23.6 Å². The summed E-state index contributed by atoms with van der Waals surface area (Å²) in [5.41, 5.74) is 8.67. The van der Waals surface area contributed by atoms with Crippen LogP contribution in [0.4, 0.5) is 5.69 Å².